The summed E-state index contributed by atoms with van der Waals surface area (Å²) in [6, 6.07) is 22.6. The van der Waals surface area contributed by atoms with Crippen molar-refractivity contribution in [1.29, 1.82) is 5.26 Å². The Hall–Kier alpha value is -4.02. The molecule has 0 saturated carbocycles. The molecular formula is C25H18N2O2. The van der Waals surface area contributed by atoms with Crippen LogP contribution in [-0.2, 0) is 13.1 Å². The lowest BCUT2D eigenvalue weighted by Crippen LogP contribution is -2.25. The quantitative estimate of drug-likeness (QED) is 0.630. The predicted octanol–water partition coefficient (Wildman–Crippen LogP) is 4.12. The maximum Gasteiger partial charge on any atom is 0.254 e. The van der Waals surface area contributed by atoms with E-state index in [1.165, 1.54) is 11.1 Å². The van der Waals surface area contributed by atoms with Crippen molar-refractivity contribution in [2.75, 3.05) is 7.11 Å². The summed E-state index contributed by atoms with van der Waals surface area (Å²) in [6.07, 6.45) is 0. The van der Waals surface area contributed by atoms with Gasteiger partial charge in [-0.05, 0) is 53.6 Å². The van der Waals surface area contributed by atoms with Crippen molar-refractivity contribution in [3.63, 3.8) is 0 Å². The highest BCUT2D eigenvalue weighted by Gasteiger charge is 2.24. The van der Waals surface area contributed by atoms with Crippen LogP contribution < -0.4 is 4.74 Å². The molecule has 140 valence electrons. The lowest BCUT2D eigenvalue weighted by molar-refractivity contribution is 0.0751. The SMILES string of the molecule is COc1ccc(C(=O)N2Cc3ccccc3C2)cc1C#Cc1ccc(C#N)cc1. The van der Waals surface area contributed by atoms with Crippen LogP contribution >= 0.6 is 0 Å². The van der Waals surface area contributed by atoms with Gasteiger partial charge in [0.15, 0.2) is 0 Å². The molecule has 3 aromatic rings. The first-order valence-corrected chi connectivity index (χ1v) is 9.24. The fraction of sp³-hybridized carbons (Fsp3) is 0.120. The standard InChI is InChI=1S/C25H18N2O2/c1-29-24-13-12-21(25(28)27-16-22-4-2-3-5-23(22)17-27)14-20(24)11-10-18-6-8-19(15-26)9-7-18/h2-9,12-14H,16-17H2,1H3. The van der Waals surface area contributed by atoms with Gasteiger partial charge < -0.3 is 9.64 Å². The van der Waals surface area contributed by atoms with Gasteiger partial charge in [-0.25, -0.2) is 0 Å². The molecule has 0 unspecified atom stereocenters. The first kappa shape index (κ1) is 18.3. The third-order valence-electron chi connectivity index (χ3n) is 4.93. The van der Waals surface area contributed by atoms with Crippen molar-refractivity contribution in [3.8, 4) is 23.7 Å². The van der Waals surface area contributed by atoms with Gasteiger partial charge in [-0.2, -0.15) is 5.26 Å². The summed E-state index contributed by atoms with van der Waals surface area (Å²) in [5.41, 5.74) is 5.00. The van der Waals surface area contributed by atoms with E-state index in [2.05, 4.69) is 30.0 Å². The molecule has 4 heteroatoms. The Morgan fingerprint density at radius 2 is 1.59 bits per heavy atom. The number of methoxy groups -OCH3 is 1. The lowest BCUT2D eigenvalue weighted by atomic mass is 10.1. The first-order chi connectivity index (χ1) is 14.2. The van der Waals surface area contributed by atoms with E-state index in [4.69, 9.17) is 10.00 Å². The molecule has 1 heterocycles. The highest BCUT2D eigenvalue weighted by Crippen LogP contribution is 2.26. The molecule has 3 aromatic carbocycles. The van der Waals surface area contributed by atoms with E-state index in [1.807, 2.05) is 17.0 Å². The van der Waals surface area contributed by atoms with E-state index in [0.717, 1.165) is 5.56 Å². The van der Waals surface area contributed by atoms with Crippen LogP contribution in [0, 0.1) is 23.2 Å². The topological polar surface area (TPSA) is 53.3 Å². The summed E-state index contributed by atoms with van der Waals surface area (Å²) in [4.78, 5) is 14.9. The molecular weight excluding hydrogens is 360 g/mol. The van der Waals surface area contributed by atoms with Crippen molar-refractivity contribution < 1.29 is 9.53 Å². The second-order valence-electron chi connectivity index (χ2n) is 6.78. The molecule has 0 bridgehead atoms. The van der Waals surface area contributed by atoms with E-state index in [0.29, 0.717) is 35.5 Å². The Morgan fingerprint density at radius 3 is 2.21 bits per heavy atom. The van der Waals surface area contributed by atoms with Crippen LogP contribution in [0.25, 0.3) is 0 Å². The smallest absolute Gasteiger partial charge is 0.254 e. The number of benzene rings is 3. The summed E-state index contributed by atoms with van der Waals surface area (Å²) in [6.45, 7) is 1.24. The first-order valence-electron chi connectivity index (χ1n) is 9.24. The number of fused-ring (bicyclic) bond motifs is 1. The number of ether oxygens (including phenoxy) is 1. The number of amides is 1. The fourth-order valence-corrected chi connectivity index (χ4v) is 3.37. The maximum atomic E-state index is 13.0. The van der Waals surface area contributed by atoms with Crippen molar-refractivity contribution in [2.45, 2.75) is 13.1 Å². The van der Waals surface area contributed by atoms with E-state index in [1.54, 1.807) is 49.6 Å². The summed E-state index contributed by atoms with van der Waals surface area (Å²) >= 11 is 0. The van der Waals surface area contributed by atoms with Crippen LogP contribution in [0.3, 0.4) is 0 Å². The molecule has 4 rings (SSSR count). The van der Waals surface area contributed by atoms with Gasteiger partial charge in [-0.1, -0.05) is 36.1 Å². The molecule has 1 aliphatic heterocycles. The number of hydrogen-bond donors (Lipinski definition) is 0. The second kappa shape index (κ2) is 7.92. The Balaban J connectivity index is 1.60. The molecule has 1 amide bonds. The van der Waals surface area contributed by atoms with Gasteiger partial charge in [0.05, 0.1) is 24.3 Å². The molecule has 0 spiro atoms. The summed E-state index contributed by atoms with van der Waals surface area (Å²) in [5, 5.41) is 8.90. The van der Waals surface area contributed by atoms with E-state index in [-0.39, 0.29) is 5.91 Å². The van der Waals surface area contributed by atoms with E-state index >= 15 is 0 Å². The number of carbonyl (C=O) groups is 1. The molecule has 0 radical (unpaired) electrons. The van der Waals surface area contributed by atoms with Gasteiger partial charge in [-0.3, -0.25) is 4.79 Å². The van der Waals surface area contributed by atoms with Crippen LogP contribution in [0.15, 0.2) is 66.7 Å². The van der Waals surface area contributed by atoms with Crippen molar-refractivity contribution in [2.24, 2.45) is 0 Å². The lowest BCUT2D eigenvalue weighted by Gasteiger charge is -2.16. The average molecular weight is 378 g/mol. The van der Waals surface area contributed by atoms with Gasteiger partial charge in [0.1, 0.15) is 5.75 Å². The Labute approximate surface area is 170 Å². The minimum absolute atomic E-state index is 0.0229. The minimum atomic E-state index is -0.0229. The van der Waals surface area contributed by atoms with Crippen molar-refractivity contribution in [3.05, 3.63) is 100 Å². The molecule has 0 N–H and O–H groups in total. The third kappa shape index (κ3) is 3.83. The van der Waals surface area contributed by atoms with Gasteiger partial charge in [0.2, 0.25) is 0 Å². The van der Waals surface area contributed by atoms with Crippen molar-refractivity contribution in [1.82, 2.24) is 4.90 Å². The summed E-state index contributed by atoms with van der Waals surface area (Å²) in [5.74, 6) is 6.76. The molecule has 0 aromatic heterocycles. The monoisotopic (exact) mass is 378 g/mol. The fourth-order valence-electron chi connectivity index (χ4n) is 3.37. The molecule has 0 aliphatic carbocycles. The van der Waals surface area contributed by atoms with Crippen LogP contribution in [0.1, 0.15) is 38.2 Å². The van der Waals surface area contributed by atoms with Gasteiger partial charge in [0, 0.05) is 24.2 Å². The summed E-state index contributed by atoms with van der Waals surface area (Å²) in [7, 11) is 1.58. The predicted molar refractivity (Wildman–Crippen MR) is 110 cm³/mol. The van der Waals surface area contributed by atoms with Gasteiger partial charge >= 0.3 is 0 Å². The largest absolute Gasteiger partial charge is 0.495 e. The number of nitriles is 1. The molecule has 4 nitrogen and oxygen atoms in total. The van der Waals surface area contributed by atoms with Crippen LogP contribution in [0.4, 0.5) is 0 Å². The van der Waals surface area contributed by atoms with E-state index in [9.17, 15) is 4.79 Å². The molecule has 0 fully saturated rings. The van der Waals surface area contributed by atoms with Crippen LogP contribution in [-0.4, -0.2) is 17.9 Å². The minimum Gasteiger partial charge on any atom is -0.495 e. The van der Waals surface area contributed by atoms with Crippen molar-refractivity contribution >= 4 is 5.91 Å². The van der Waals surface area contributed by atoms with E-state index < -0.39 is 0 Å². The van der Waals surface area contributed by atoms with Crippen LogP contribution in [0.5, 0.6) is 5.75 Å². The number of rotatable bonds is 2. The highest BCUT2D eigenvalue weighted by molar-refractivity contribution is 5.95. The number of carbonyl (C=O) groups excluding carboxylic acids is 1. The normalized spacial score (nSPS) is 11.8. The van der Waals surface area contributed by atoms with Crippen LogP contribution in [0.2, 0.25) is 0 Å². The Morgan fingerprint density at radius 1 is 0.931 bits per heavy atom. The zero-order chi connectivity index (χ0) is 20.2. The molecule has 0 atom stereocenters. The molecule has 0 saturated heterocycles. The number of nitrogens with zero attached hydrogens (tertiary/aromatic N) is 2. The second-order valence-corrected chi connectivity index (χ2v) is 6.78. The van der Waals surface area contributed by atoms with Gasteiger partial charge in [0.25, 0.3) is 5.91 Å². The zero-order valence-corrected chi connectivity index (χ0v) is 16.0. The number of hydrogen-bond acceptors (Lipinski definition) is 3. The summed E-state index contributed by atoms with van der Waals surface area (Å²) < 4.78 is 5.41. The highest BCUT2D eigenvalue weighted by atomic mass is 16.5. The zero-order valence-electron chi connectivity index (χ0n) is 16.0. The molecule has 29 heavy (non-hydrogen) atoms. The Bertz CT molecular complexity index is 1150. The maximum absolute atomic E-state index is 13.0. The molecule has 1 aliphatic rings. The third-order valence-corrected chi connectivity index (χ3v) is 4.93. The average Bonchev–Trinajstić information content (AvgIpc) is 3.21. The van der Waals surface area contributed by atoms with Gasteiger partial charge in [-0.15, -0.1) is 0 Å². The Kier molecular flexibility index (Phi) is 5.01.